The Labute approximate surface area is 129 Å². The first kappa shape index (κ1) is 15.2. The lowest BCUT2D eigenvalue weighted by atomic mass is 9.76. The number of nitrogens with zero attached hydrogens (tertiary/aromatic N) is 1. The van der Waals surface area contributed by atoms with Crippen LogP contribution in [0.25, 0.3) is 0 Å². The van der Waals surface area contributed by atoms with E-state index in [2.05, 4.69) is 35.8 Å². The number of piperazine rings is 1. The highest BCUT2D eigenvalue weighted by molar-refractivity contribution is 7.99. The maximum atomic E-state index is 3.99. The Morgan fingerprint density at radius 3 is 2.60 bits per heavy atom. The van der Waals surface area contributed by atoms with Crippen LogP contribution in [-0.2, 0) is 0 Å². The fourth-order valence-corrected chi connectivity index (χ4v) is 5.07. The van der Waals surface area contributed by atoms with Crippen molar-refractivity contribution in [1.82, 2.24) is 10.2 Å². The smallest absolute Gasteiger partial charge is 0.0335 e. The molecule has 2 nitrogen and oxygen atoms in total. The molecule has 1 unspecified atom stereocenters. The van der Waals surface area contributed by atoms with Gasteiger partial charge in [-0.05, 0) is 44.3 Å². The Bertz CT molecular complexity index is 323. The van der Waals surface area contributed by atoms with Crippen molar-refractivity contribution >= 4 is 11.8 Å². The molecule has 1 spiro atoms. The van der Waals surface area contributed by atoms with E-state index in [0.29, 0.717) is 11.1 Å². The second kappa shape index (κ2) is 6.18. The van der Waals surface area contributed by atoms with Crippen LogP contribution in [0.15, 0.2) is 0 Å². The Balaban J connectivity index is 1.69. The average molecular weight is 297 g/mol. The van der Waals surface area contributed by atoms with Gasteiger partial charge in [0.15, 0.2) is 0 Å². The van der Waals surface area contributed by atoms with Crippen LogP contribution in [-0.4, -0.2) is 47.1 Å². The monoisotopic (exact) mass is 296 g/mol. The lowest BCUT2D eigenvalue weighted by Gasteiger charge is -2.56. The molecule has 2 aliphatic carbocycles. The van der Waals surface area contributed by atoms with Gasteiger partial charge in [0.2, 0.25) is 0 Å². The van der Waals surface area contributed by atoms with Gasteiger partial charge in [-0.25, -0.2) is 0 Å². The second-order valence-electron chi connectivity index (χ2n) is 7.45. The van der Waals surface area contributed by atoms with E-state index in [9.17, 15) is 0 Å². The lowest BCUT2D eigenvalue weighted by Crippen LogP contribution is -2.70. The summed E-state index contributed by atoms with van der Waals surface area (Å²) in [5.74, 6) is 3.53. The van der Waals surface area contributed by atoms with Gasteiger partial charge in [-0.1, -0.05) is 26.2 Å². The van der Waals surface area contributed by atoms with Crippen LogP contribution in [0.2, 0.25) is 0 Å². The maximum Gasteiger partial charge on any atom is 0.0335 e. The summed E-state index contributed by atoms with van der Waals surface area (Å²) in [6.45, 7) is 8.62. The topological polar surface area (TPSA) is 15.3 Å². The van der Waals surface area contributed by atoms with Crippen LogP contribution in [0.5, 0.6) is 0 Å². The molecular weight excluding hydrogens is 264 g/mol. The third kappa shape index (κ3) is 3.05. The summed E-state index contributed by atoms with van der Waals surface area (Å²) in [7, 11) is 0. The molecular formula is C17H32N2S. The van der Waals surface area contributed by atoms with Gasteiger partial charge in [0.05, 0.1) is 0 Å². The van der Waals surface area contributed by atoms with Gasteiger partial charge in [0.1, 0.15) is 0 Å². The Kier molecular flexibility index (Phi) is 4.69. The zero-order valence-electron chi connectivity index (χ0n) is 13.4. The van der Waals surface area contributed by atoms with E-state index in [4.69, 9.17) is 0 Å². The molecule has 3 aliphatic rings. The number of hydrogen-bond acceptors (Lipinski definition) is 3. The number of thioether (sulfide) groups is 1. The quantitative estimate of drug-likeness (QED) is 0.782. The minimum absolute atomic E-state index is 0.402. The fourth-order valence-electron chi connectivity index (χ4n) is 4.43. The minimum Gasteiger partial charge on any atom is -0.308 e. The van der Waals surface area contributed by atoms with E-state index in [0.717, 1.165) is 5.92 Å². The fraction of sp³-hybridized carbons (Fsp3) is 1.00. The first-order valence-corrected chi connectivity index (χ1v) is 9.92. The van der Waals surface area contributed by atoms with E-state index in [1.165, 1.54) is 76.1 Å². The molecule has 1 aliphatic heterocycles. The molecule has 2 saturated carbocycles. The molecule has 1 atom stereocenters. The SMILES string of the molecule is CCSCCN1CC(C)(C2CC2)NCC12CCCCC2. The van der Waals surface area contributed by atoms with Gasteiger partial charge < -0.3 is 5.32 Å². The molecule has 0 radical (unpaired) electrons. The molecule has 1 N–H and O–H groups in total. The lowest BCUT2D eigenvalue weighted by molar-refractivity contribution is -0.0160. The van der Waals surface area contributed by atoms with Gasteiger partial charge in [0, 0.05) is 36.5 Å². The van der Waals surface area contributed by atoms with Crippen LogP contribution < -0.4 is 5.32 Å². The summed E-state index contributed by atoms with van der Waals surface area (Å²) >= 11 is 2.11. The van der Waals surface area contributed by atoms with Gasteiger partial charge in [-0.2, -0.15) is 11.8 Å². The summed E-state index contributed by atoms with van der Waals surface area (Å²) in [5, 5.41) is 3.99. The summed E-state index contributed by atoms with van der Waals surface area (Å²) in [6, 6.07) is 0. The summed E-state index contributed by atoms with van der Waals surface area (Å²) in [4.78, 5) is 2.91. The van der Waals surface area contributed by atoms with Crippen molar-refractivity contribution in [3.05, 3.63) is 0 Å². The highest BCUT2D eigenvalue weighted by Crippen LogP contribution is 2.45. The largest absolute Gasteiger partial charge is 0.308 e. The zero-order valence-corrected chi connectivity index (χ0v) is 14.2. The van der Waals surface area contributed by atoms with E-state index in [1.807, 2.05) is 0 Å². The van der Waals surface area contributed by atoms with Gasteiger partial charge >= 0.3 is 0 Å². The van der Waals surface area contributed by atoms with E-state index in [-0.39, 0.29) is 0 Å². The van der Waals surface area contributed by atoms with Crippen molar-refractivity contribution in [2.45, 2.75) is 69.9 Å². The van der Waals surface area contributed by atoms with Gasteiger partial charge in [-0.15, -0.1) is 0 Å². The van der Waals surface area contributed by atoms with Crippen molar-refractivity contribution in [2.75, 3.05) is 31.1 Å². The predicted molar refractivity (Wildman–Crippen MR) is 89.5 cm³/mol. The molecule has 3 rings (SSSR count). The standard InChI is InChI=1S/C17H32N2S/c1-3-20-12-11-19-14-16(2,15-7-8-15)18-13-17(19)9-5-4-6-10-17/h15,18H,3-14H2,1-2H3. The second-order valence-corrected chi connectivity index (χ2v) is 8.84. The van der Waals surface area contributed by atoms with E-state index >= 15 is 0 Å². The Hall–Kier alpha value is 0.270. The molecule has 3 heteroatoms. The van der Waals surface area contributed by atoms with E-state index in [1.54, 1.807) is 0 Å². The number of nitrogens with one attached hydrogen (secondary N) is 1. The third-order valence-electron chi connectivity index (χ3n) is 5.98. The molecule has 1 heterocycles. The Morgan fingerprint density at radius 2 is 1.95 bits per heavy atom. The normalized spacial score (nSPS) is 34.5. The number of hydrogen-bond donors (Lipinski definition) is 1. The van der Waals surface area contributed by atoms with Crippen molar-refractivity contribution < 1.29 is 0 Å². The van der Waals surface area contributed by atoms with Gasteiger partial charge in [0.25, 0.3) is 0 Å². The average Bonchev–Trinajstić information content (AvgIpc) is 3.30. The van der Waals surface area contributed by atoms with Crippen LogP contribution in [0.4, 0.5) is 0 Å². The maximum absolute atomic E-state index is 3.99. The molecule has 0 aromatic carbocycles. The summed E-state index contributed by atoms with van der Waals surface area (Å²) < 4.78 is 0. The molecule has 20 heavy (non-hydrogen) atoms. The van der Waals surface area contributed by atoms with Crippen LogP contribution in [0.1, 0.15) is 58.8 Å². The highest BCUT2D eigenvalue weighted by atomic mass is 32.2. The number of rotatable bonds is 5. The van der Waals surface area contributed by atoms with Crippen molar-refractivity contribution in [2.24, 2.45) is 5.92 Å². The molecule has 1 saturated heterocycles. The van der Waals surface area contributed by atoms with Crippen LogP contribution in [0, 0.1) is 5.92 Å². The first-order valence-electron chi connectivity index (χ1n) is 8.76. The predicted octanol–water partition coefficient (Wildman–Crippen LogP) is 3.52. The molecule has 0 bridgehead atoms. The summed E-state index contributed by atoms with van der Waals surface area (Å²) in [6.07, 6.45) is 10.1. The zero-order chi connectivity index (χ0) is 14.1. The summed E-state index contributed by atoms with van der Waals surface area (Å²) in [5.41, 5.74) is 0.903. The molecule has 116 valence electrons. The third-order valence-corrected chi connectivity index (χ3v) is 6.86. The van der Waals surface area contributed by atoms with E-state index < -0.39 is 0 Å². The van der Waals surface area contributed by atoms with Crippen molar-refractivity contribution in [3.8, 4) is 0 Å². The van der Waals surface area contributed by atoms with Gasteiger partial charge in [-0.3, -0.25) is 4.90 Å². The molecule has 0 amide bonds. The molecule has 3 fully saturated rings. The molecule has 0 aromatic rings. The van der Waals surface area contributed by atoms with Crippen molar-refractivity contribution in [3.63, 3.8) is 0 Å². The van der Waals surface area contributed by atoms with Crippen LogP contribution in [0.3, 0.4) is 0 Å². The van der Waals surface area contributed by atoms with Crippen LogP contribution >= 0.6 is 11.8 Å². The highest BCUT2D eigenvalue weighted by Gasteiger charge is 2.50. The molecule has 0 aromatic heterocycles. The minimum atomic E-state index is 0.402. The Morgan fingerprint density at radius 1 is 1.20 bits per heavy atom. The first-order chi connectivity index (χ1) is 9.69. The van der Waals surface area contributed by atoms with Crippen molar-refractivity contribution in [1.29, 1.82) is 0 Å².